The number of hydrazone groups is 2. The third kappa shape index (κ3) is 4.59. The molecule has 156 valence electrons. The SMILES string of the molecule is CC1(/C=N/Nc2nnc(N/N=C/C3(C)CCC=CO3)c3ccccc23)CCC=CO1. The van der Waals surface area contributed by atoms with Crippen LogP contribution in [0, 0.1) is 0 Å². The summed E-state index contributed by atoms with van der Waals surface area (Å²) in [5.41, 5.74) is 5.15. The van der Waals surface area contributed by atoms with E-state index in [1.54, 1.807) is 25.0 Å². The Balaban J connectivity index is 1.50. The number of allylic oxidation sites excluding steroid dienone is 2. The van der Waals surface area contributed by atoms with Crippen molar-refractivity contribution in [3.05, 3.63) is 48.9 Å². The highest BCUT2D eigenvalue weighted by Crippen LogP contribution is 2.27. The van der Waals surface area contributed by atoms with Crippen molar-refractivity contribution in [2.45, 2.75) is 50.7 Å². The topological polar surface area (TPSA) is 93.0 Å². The summed E-state index contributed by atoms with van der Waals surface area (Å²) in [5, 5.41) is 19.0. The fourth-order valence-electron chi connectivity index (χ4n) is 3.32. The van der Waals surface area contributed by atoms with Gasteiger partial charge in [-0.05, 0) is 51.7 Å². The maximum absolute atomic E-state index is 5.67. The quantitative estimate of drug-likeness (QED) is 0.538. The molecule has 0 amide bonds. The Hall–Kier alpha value is -3.42. The number of nitrogens with one attached hydrogen (secondary N) is 2. The average molecular weight is 406 g/mol. The largest absolute Gasteiger partial charge is 0.490 e. The molecule has 2 atom stereocenters. The lowest BCUT2D eigenvalue weighted by atomic mass is 10.00. The van der Waals surface area contributed by atoms with Crippen LogP contribution < -0.4 is 10.9 Å². The molecule has 2 aliphatic rings. The van der Waals surface area contributed by atoms with Crippen molar-refractivity contribution in [1.29, 1.82) is 0 Å². The fourth-order valence-corrected chi connectivity index (χ4v) is 3.32. The van der Waals surface area contributed by atoms with Crippen molar-refractivity contribution in [1.82, 2.24) is 10.2 Å². The summed E-state index contributed by atoms with van der Waals surface area (Å²) in [6, 6.07) is 7.83. The van der Waals surface area contributed by atoms with Crippen LogP contribution in [0.15, 0.2) is 59.1 Å². The zero-order chi connectivity index (χ0) is 20.9. The van der Waals surface area contributed by atoms with Crippen molar-refractivity contribution < 1.29 is 9.47 Å². The van der Waals surface area contributed by atoms with Gasteiger partial charge in [0.1, 0.15) is 11.2 Å². The molecule has 8 heteroatoms. The standard InChI is InChI=1S/C22H26N6O2/c1-21(11-5-7-13-29-21)15-23-25-19-17-9-3-4-10-18(17)20(28-27-19)26-24-16-22(2)12-6-8-14-30-22/h3-4,7-10,13-16H,5-6,11-12H2,1-2H3,(H,25,27)(H,26,28)/b23-15+,24-16+. The van der Waals surface area contributed by atoms with E-state index in [9.17, 15) is 0 Å². The van der Waals surface area contributed by atoms with E-state index in [-0.39, 0.29) is 0 Å². The van der Waals surface area contributed by atoms with E-state index in [1.165, 1.54) is 0 Å². The Morgan fingerprint density at radius 1 is 0.833 bits per heavy atom. The fraction of sp³-hybridized carbons (Fsp3) is 0.364. The molecule has 0 saturated heterocycles. The number of fused-ring (bicyclic) bond motifs is 1. The second kappa shape index (κ2) is 8.52. The van der Waals surface area contributed by atoms with Crippen LogP contribution in [0.5, 0.6) is 0 Å². The van der Waals surface area contributed by atoms with E-state index in [0.717, 1.165) is 36.5 Å². The number of ether oxygens (including phenoxy) is 2. The summed E-state index contributed by atoms with van der Waals surface area (Å²) in [7, 11) is 0. The van der Waals surface area contributed by atoms with Crippen molar-refractivity contribution in [3.8, 4) is 0 Å². The number of anilines is 2. The first-order chi connectivity index (χ1) is 14.6. The summed E-state index contributed by atoms with van der Waals surface area (Å²) in [5.74, 6) is 1.14. The van der Waals surface area contributed by atoms with E-state index in [0.29, 0.717) is 11.6 Å². The van der Waals surface area contributed by atoms with Gasteiger partial charge in [-0.25, -0.2) is 0 Å². The molecule has 3 heterocycles. The van der Waals surface area contributed by atoms with Crippen LogP contribution in [-0.4, -0.2) is 33.8 Å². The van der Waals surface area contributed by atoms with Gasteiger partial charge in [0.2, 0.25) is 0 Å². The Morgan fingerprint density at radius 2 is 1.30 bits per heavy atom. The van der Waals surface area contributed by atoms with Gasteiger partial charge in [-0.3, -0.25) is 10.9 Å². The first-order valence-corrected chi connectivity index (χ1v) is 10.1. The van der Waals surface area contributed by atoms with Gasteiger partial charge in [-0.1, -0.05) is 24.3 Å². The second-order valence-corrected chi connectivity index (χ2v) is 7.86. The van der Waals surface area contributed by atoms with Gasteiger partial charge in [-0.15, -0.1) is 10.2 Å². The van der Waals surface area contributed by atoms with E-state index in [1.807, 2.05) is 50.3 Å². The second-order valence-electron chi connectivity index (χ2n) is 7.86. The number of aromatic nitrogens is 2. The summed E-state index contributed by atoms with van der Waals surface area (Å²) in [4.78, 5) is 0. The molecule has 0 saturated carbocycles. The molecule has 2 aromatic rings. The summed E-state index contributed by atoms with van der Waals surface area (Å²) >= 11 is 0. The van der Waals surface area contributed by atoms with E-state index < -0.39 is 11.2 Å². The van der Waals surface area contributed by atoms with Gasteiger partial charge >= 0.3 is 0 Å². The molecular weight excluding hydrogens is 380 g/mol. The summed E-state index contributed by atoms with van der Waals surface area (Å²) in [6.45, 7) is 4.01. The van der Waals surface area contributed by atoms with Crippen LogP contribution in [-0.2, 0) is 9.47 Å². The molecule has 8 nitrogen and oxygen atoms in total. The number of nitrogens with zero attached hydrogens (tertiary/aromatic N) is 4. The molecule has 0 radical (unpaired) electrons. The Bertz CT molecular complexity index is 937. The molecule has 0 spiro atoms. The summed E-state index contributed by atoms with van der Waals surface area (Å²) in [6.07, 6.45) is 14.7. The van der Waals surface area contributed by atoms with Crippen molar-refractivity contribution in [2.75, 3.05) is 10.9 Å². The van der Waals surface area contributed by atoms with Crippen LogP contribution >= 0.6 is 0 Å². The van der Waals surface area contributed by atoms with Crippen LogP contribution in [0.4, 0.5) is 11.6 Å². The van der Waals surface area contributed by atoms with Crippen molar-refractivity contribution in [3.63, 3.8) is 0 Å². The zero-order valence-electron chi connectivity index (χ0n) is 17.2. The first-order valence-electron chi connectivity index (χ1n) is 10.1. The number of hydrogen-bond donors (Lipinski definition) is 2. The van der Waals surface area contributed by atoms with Gasteiger partial charge in [0, 0.05) is 10.8 Å². The lowest BCUT2D eigenvalue weighted by Crippen LogP contribution is -2.30. The van der Waals surface area contributed by atoms with E-state index >= 15 is 0 Å². The predicted molar refractivity (Wildman–Crippen MR) is 119 cm³/mol. The molecule has 4 rings (SSSR count). The maximum Gasteiger partial charge on any atom is 0.176 e. The highest BCUT2D eigenvalue weighted by atomic mass is 16.5. The van der Waals surface area contributed by atoms with Gasteiger partial charge in [-0.2, -0.15) is 10.2 Å². The number of hydrogen-bond acceptors (Lipinski definition) is 8. The third-order valence-electron chi connectivity index (χ3n) is 5.19. The highest BCUT2D eigenvalue weighted by molar-refractivity contribution is 5.98. The Kier molecular flexibility index (Phi) is 5.65. The lowest BCUT2D eigenvalue weighted by molar-refractivity contribution is 0.0899. The summed E-state index contributed by atoms with van der Waals surface area (Å²) < 4.78 is 11.3. The molecule has 0 bridgehead atoms. The zero-order valence-corrected chi connectivity index (χ0v) is 17.2. The molecular formula is C22H26N6O2. The molecule has 2 aliphatic heterocycles. The molecule has 30 heavy (non-hydrogen) atoms. The van der Waals surface area contributed by atoms with Crippen LogP contribution in [0.2, 0.25) is 0 Å². The van der Waals surface area contributed by atoms with Gasteiger partial charge in [0.25, 0.3) is 0 Å². The highest BCUT2D eigenvalue weighted by Gasteiger charge is 2.25. The van der Waals surface area contributed by atoms with Gasteiger partial charge in [0.05, 0.1) is 25.0 Å². The maximum atomic E-state index is 5.67. The first kappa shape index (κ1) is 19.9. The number of benzene rings is 1. The number of rotatable bonds is 6. The smallest absolute Gasteiger partial charge is 0.176 e. The molecule has 1 aromatic carbocycles. The minimum absolute atomic E-state index is 0.423. The average Bonchev–Trinajstić information content (AvgIpc) is 2.76. The van der Waals surface area contributed by atoms with E-state index in [4.69, 9.17) is 9.47 Å². The van der Waals surface area contributed by atoms with Crippen molar-refractivity contribution >= 4 is 34.8 Å². The molecule has 0 fully saturated rings. The predicted octanol–water partition coefficient (Wildman–Crippen LogP) is 4.59. The third-order valence-corrected chi connectivity index (χ3v) is 5.19. The van der Waals surface area contributed by atoms with E-state index in [2.05, 4.69) is 31.3 Å². The van der Waals surface area contributed by atoms with Crippen molar-refractivity contribution in [2.24, 2.45) is 10.2 Å². The van der Waals surface area contributed by atoms with Crippen LogP contribution in [0.1, 0.15) is 39.5 Å². The van der Waals surface area contributed by atoms with Gasteiger partial charge in [0.15, 0.2) is 11.6 Å². The molecule has 0 aliphatic carbocycles. The Labute approximate surface area is 175 Å². The molecule has 2 unspecified atom stereocenters. The Morgan fingerprint density at radius 3 is 1.70 bits per heavy atom. The van der Waals surface area contributed by atoms with Gasteiger partial charge < -0.3 is 9.47 Å². The monoisotopic (exact) mass is 406 g/mol. The minimum atomic E-state index is -0.423. The van der Waals surface area contributed by atoms with Crippen LogP contribution in [0.25, 0.3) is 10.8 Å². The van der Waals surface area contributed by atoms with Crippen LogP contribution in [0.3, 0.4) is 0 Å². The molecule has 2 N–H and O–H groups in total. The molecule has 1 aromatic heterocycles. The normalized spacial score (nSPS) is 26.1. The minimum Gasteiger partial charge on any atom is -0.490 e. The lowest BCUT2D eigenvalue weighted by Gasteiger charge is -2.27.